The molecule has 0 aliphatic heterocycles. The van der Waals surface area contributed by atoms with Gasteiger partial charge in [-0.3, -0.25) is 4.79 Å². The average molecular weight is 143 g/mol. The minimum Gasteiger partial charge on any atom is -0.512 e. The van der Waals surface area contributed by atoms with Crippen molar-refractivity contribution in [3.63, 3.8) is 0 Å². The van der Waals surface area contributed by atoms with Gasteiger partial charge in [0.05, 0.1) is 11.1 Å². The van der Waals surface area contributed by atoms with Crippen molar-refractivity contribution in [2.75, 3.05) is 0 Å². The van der Waals surface area contributed by atoms with Gasteiger partial charge in [0.25, 0.3) is 0 Å². The molecule has 0 amide bonds. The Kier molecular flexibility index (Phi) is 0.526. The van der Waals surface area contributed by atoms with Crippen LogP contribution in [0.25, 0.3) is 0 Å². The van der Waals surface area contributed by atoms with Crippen LogP contribution in [0.5, 0.6) is 0 Å². The first-order valence-electron chi connectivity index (χ1n) is 5.93. The van der Waals surface area contributed by atoms with Crippen molar-refractivity contribution in [3.05, 3.63) is 35.5 Å². The fourth-order valence-electron chi connectivity index (χ4n) is 0.468. The van der Waals surface area contributed by atoms with E-state index in [1.165, 1.54) is 0 Å². The Morgan fingerprint density at radius 1 is 1.70 bits per heavy atom. The van der Waals surface area contributed by atoms with Crippen LogP contribution in [0, 0.1) is 0 Å². The highest BCUT2D eigenvalue weighted by Gasteiger charge is 2.07. The van der Waals surface area contributed by atoms with E-state index < -0.39 is 48.2 Å². The number of hydrogen-bond acceptors (Lipinski definition) is 2. The highest BCUT2D eigenvalue weighted by atomic mass is 16.3. The zero-order valence-electron chi connectivity index (χ0n) is 11.9. The number of aliphatic hydroxyl groups excluding tert-OH is 1. The van der Waals surface area contributed by atoms with E-state index in [2.05, 4.69) is 0 Å². The summed E-state index contributed by atoms with van der Waals surface area (Å²) in [5, 5.41) is 9.36. The van der Waals surface area contributed by atoms with Crippen LogP contribution in [-0.2, 0) is 4.79 Å². The predicted octanol–water partition coefficient (Wildman–Crippen LogP) is 1.51. The van der Waals surface area contributed by atoms with Gasteiger partial charge in [-0.25, -0.2) is 0 Å². The second kappa shape index (κ2) is 2.52. The molecule has 2 heteroatoms. The van der Waals surface area contributed by atoms with Crippen molar-refractivity contribution in [2.45, 2.75) is 6.85 Å². The summed E-state index contributed by atoms with van der Waals surface area (Å²) in [5.74, 6) is -2.56. The molecule has 10 heavy (non-hydrogen) atoms. The fourth-order valence-corrected chi connectivity index (χ4v) is 0.468. The third-order valence-corrected chi connectivity index (χ3v) is 0.890. The van der Waals surface area contributed by atoms with Crippen molar-refractivity contribution in [1.82, 2.24) is 0 Å². The van der Waals surface area contributed by atoms with Gasteiger partial charge in [0.2, 0.25) is 0 Å². The number of allylic oxidation sites excluding steroid dienone is 6. The minimum absolute atomic E-state index is 0.762. The zero-order chi connectivity index (χ0) is 13.5. The van der Waals surface area contributed by atoms with Crippen LogP contribution >= 0.6 is 0 Å². The SMILES string of the molecule is [2H]C1=C([2H])C([2H])=C([2H])C(=C(O)C([2H])([2H])[2H])C1=O. The lowest BCUT2D eigenvalue weighted by molar-refractivity contribution is -0.111. The molecule has 0 aromatic rings. The molecule has 0 aromatic carbocycles. The quantitative estimate of drug-likeness (QED) is 0.412. The van der Waals surface area contributed by atoms with Gasteiger partial charge in [0.15, 0.2) is 5.78 Å². The molecule has 0 bridgehead atoms. The first-order chi connectivity index (χ1) is 7.59. The molecule has 52 valence electrons. The van der Waals surface area contributed by atoms with Crippen molar-refractivity contribution in [2.24, 2.45) is 0 Å². The van der Waals surface area contributed by atoms with E-state index in [0.29, 0.717) is 0 Å². The Hall–Kier alpha value is -1.31. The summed E-state index contributed by atoms with van der Waals surface area (Å²) >= 11 is 0. The van der Waals surface area contributed by atoms with E-state index in [-0.39, 0.29) is 0 Å². The first-order valence-corrected chi connectivity index (χ1v) is 2.43. The molecule has 1 aliphatic carbocycles. The average Bonchev–Trinajstić information content (AvgIpc) is 2.22. The maximum absolute atomic E-state index is 11.5. The number of hydrogen-bond donors (Lipinski definition) is 1. The zero-order valence-corrected chi connectivity index (χ0v) is 4.86. The van der Waals surface area contributed by atoms with Crippen LogP contribution in [0.2, 0.25) is 0 Å². The highest BCUT2D eigenvalue weighted by Crippen LogP contribution is 2.09. The molecular weight excluding hydrogens is 128 g/mol. The smallest absolute Gasteiger partial charge is 0.189 e. The van der Waals surface area contributed by atoms with Gasteiger partial charge >= 0.3 is 0 Å². The van der Waals surface area contributed by atoms with Gasteiger partial charge in [-0.05, 0) is 19.0 Å². The van der Waals surface area contributed by atoms with Gasteiger partial charge in [0, 0.05) is 4.11 Å². The monoisotopic (exact) mass is 143 g/mol. The van der Waals surface area contributed by atoms with Gasteiger partial charge in [0.1, 0.15) is 5.76 Å². The fraction of sp³-hybridized carbons (Fsp3) is 0.125. The molecule has 0 saturated carbocycles. The van der Waals surface area contributed by atoms with E-state index in [0.717, 1.165) is 0 Å². The standard InChI is InChI=1S/C8H8O2/c1-6(9)7-4-2-3-5-8(7)10/h2-5,9H,1H3/i1D3,2D,3D,4D,5D. The lowest BCUT2D eigenvalue weighted by Gasteiger charge is -2.00. The van der Waals surface area contributed by atoms with Gasteiger partial charge in [-0.2, -0.15) is 0 Å². The van der Waals surface area contributed by atoms with E-state index in [1.807, 2.05) is 0 Å². The van der Waals surface area contributed by atoms with Crippen LogP contribution in [-0.4, -0.2) is 10.9 Å². The lowest BCUT2D eigenvalue weighted by Crippen LogP contribution is -2.01. The molecule has 0 aromatic heterocycles. The number of aliphatic hydroxyl groups is 1. The second-order valence-corrected chi connectivity index (χ2v) is 1.55. The predicted molar refractivity (Wildman–Crippen MR) is 38.6 cm³/mol. The third-order valence-electron chi connectivity index (χ3n) is 0.890. The molecule has 0 spiro atoms. The molecule has 0 heterocycles. The summed E-state index contributed by atoms with van der Waals surface area (Å²) < 4.78 is 49.8. The number of ketones is 1. The van der Waals surface area contributed by atoms with Crippen molar-refractivity contribution < 1.29 is 19.5 Å². The Balaban J connectivity index is 3.56. The molecule has 0 fully saturated rings. The normalized spacial score (nSPS) is 36.8. The van der Waals surface area contributed by atoms with Gasteiger partial charge < -0.3 is 5.11 Å². The summed E-state index contributed by atoms with van der Waals surface area (Å²) in [6.07, 6.45) is 0. The molecule has 0 saturated heterocycles. The van der Waals surface area contributed by atoms with E-state index in [4.69, 9.17) is 9.60 Å². The summed E-state index contributed by atoms with van der Waals surface area (Å²) in [5.41, 5.74) is -0.906. The van der Waals surface area contributed by atoms with Crippen LogP contribution in [0.3, 0.4) is 0 Å². The second-order valence-electron chi connectivity index (χ2n) is 1.55. The van der Waals surface area contributed by atoms with Crippen LogP contribution < -0.4 is 0 Å². The molecule has 1 N–H and O–H groups in total. The van der Waals surface area contributed by atoms with Gasteiger partial charge in [-0.15, -0.1) is 0 Å². The van der Waals surface area contributed by atoms with Crippen LogP contribution in [0.4, 0.5) is 0 Å². The number of carbonyl (C=O) groups is 1. The van der Waals surface area contributed by atoms with E-state index in [1.54, 1.807) is 0 Å². The molecule has 2 nitrogen and oxygen atoms in total. The minimum atomic E-state index is -3.00. The Morgan fingerprint density at radius 3 is 3.10 bits per heavy atom. The topological polar surface area (TPSA) is 37.3 Å². The molecular formula is C8H8O2. The summed E-state index contributed by atoms with van der Waals surface area (Å²) in [6.45, 7) is -3.00. The lowest BCUT2D eigenvalue weighted by atomic mass is 10.1. The van der Waals surface area contributed by atoms with E-state index >= 15 is 0 Å². The molecule has 0 atom stereocenters. The largest absolute Gasteiger partial charge is 0.512 e. The number of carbonyl (C=O) groups excluding carboxylic acids is 1. The van der Waals surface area contributed by atoms with Gasteiger partial charge in [-0.1, -0.05) is 12.1 Å². The van der Waals surface area contributed by atoms with Crippen molar-refractivity contribution in [1.29, 1.82) is 0 Å². The Labute approximate surface area is 69.0 Å². The summed E-state index contributed by atoms with van der Waals surface area (Å²) in [7, 11) is 0. The summed E-state index contributed by atoms with van der Waals surface area (Å²) in [4.78, 5) is 11.5. The maximum Gasteiger partial charge on any atom is 0.189 e. The number of rotatable bonds is 0. The first kappa shape index (κ1) is 2.09. The molecule has 0 radical (unpaired) electrons. The summed E-state index contributed by atoms with van der Waals surface area (Å²) in [6, 6.07) is -3.29. The molecule has 1 aliphatic rings. The third kappa shape index (κ3) is 1.16. The van der Waals surface area contributed by atoms with Crippen LogP contribution in [0.15, 0.2) is 35.5 Å². The molecule has 0 unspecified atom stereocenters. The Morgan fingerprint density at radius 2 is 2.40 bits per heavy atom. The van der Waals surface area contributed by atoms with Crippen molar-refractivity contribution >= 4 is 5.78 Å². The highest BCUT2D eigenvalue weighted by molar-refractivity contribution is 6.07. The van der Waals surface area contributed by atoms with Crippen LogP contribution in [0.1, 0.15) is 16.4 Å². The Bertz CT molecular complexity index is 481. The van der Waals surface area contributed by atoms with E-state index in [9.17, 15) is 9.90 Å². The molecule has 1 rings (SSSR count). The maximum atomic E-state index is 11.5. The van der Waals surface area contributed by atoms with Crippen molar-refractivity contribution in [3.8, 4) is 0 Å².